The molecule has 0 aliphatic carbocycles. The van der Waals surface area contributed by atoms with Crippen LogP contribution in [0.4, 0.5) is 4.79 Å². The van der Waals surface area contributed by atoms with Crippen LogP contribution >= 0.6 is 0 Å². The fourth-order valence-electron chi connectivity index (χ4n) is 2.59. The van der Waals surface area contributed by atoms with Gasteiger partial charge < -0.3 is 9.47 Å². The highest BCUT2D eigenvalue weighted by Gasteiger charge is 2.14. The van der Waals surface area contributed by atoms with E-state index in [9.17, 15) is 4.79 Å². The maximum Gasteiger partial charge on any atom is 0.513 e. The van der Waals surface area contributed by atoms with Crippen LogP contribution in [-0.4, -0.2) is 12.8 Å². The van der Waals surface area contributed by atoms with E-state index in [0.717, 1.165) is 27.1 Å². The Morgan fingerprint density at radius 1 is 1.05 bits per heavy atom. The largest absolute Gasteiger partial charge is 0.513 e. The third kappa shape index (κ3) is 2.42. The van der Waals surface area contributed by atoms with E-state index in [0.29, 0.717) is 12.4 Å². The third-order valence-corrected chi connectivity index (χ3v) is 3.50. The fraction of sp³-hybridized carbons (Fsp3) is 0.167. The van der Waals surface area contributed by atoms with Crippen LogP contribution in [0.25, 0.3) is 21.5 Å². The Labute approximate surface area is 123 Å². The van der Waals surface area contributed by atoms with Crippen LogP contribution in [0.1, 0.15) is 12.5 Å². The summed E-state index contributed by atoms with van der Waals surface area (Å²) in [4.78, 5) is 11.8. The van der Waals surface area contributed by atoms with E-state index >= 15 is 0 Å². The molecule has 3 nitrogen and oxygen atoms in total. The first-order valence-electron chi connectivity index (χ1n) is 6.96. The normalized spacial score (nSPS) is 10.8. The predicted molar refractivity (Wildman–Crippen MR) is 83.8 cm³/mol. The molecule has 0 amide bonds. The number of aryl methyl sites for hydroxylation is 1. The topological polar surface area (TPSA) is 35.5 Å². The Morgan fingerprint density at radius 2 is 1.81 bits per heavy atom. The molecule has 0 fully saturated rings. The summed E-state index contributed by atoms with van der Waals surface area (Å²) in [6.07, 6.45) is -0.668. The van der Waals surface area contributed by atoms with Crippen molar-refractivity contribution in [3.8, 4) is 5.75 Å². The number of rotatable bonds is 2. The molecular formula is C18H16O3. The van der Waals surface area contributed by atoms with Gasteiger partial charge in [-0.05, 0) is 36.2 Å². The van der Waals surface area contributed by atoms with Crippen molar-refractivity contribution in [3.05, 3.63) is 54.1 Å². The van der Waals surface area contributed by atoms with Crippen molar-refractivity contribution in [3.63, 3.8) is 0 Å². The van der Waals surface area contributed by atoms with Gasteiger partial charge in [-0.25, -0.2) is 4.79 Å². The SMILES string of the molecule is CCOC(=O)Oc1c2ccccc2cc2cccc(C)c12. The van der Waals surface area contributed by atoms with Gasteiger partial charge in [0.25, 0.3) is 0 Å². The first-order chi connectivity index (χ1) is 10.2. The Hall–Kier alpha value is -2.55. The molecule has 0 spiro atoms. The van der Waals surface area contributed by atoms with Crippen LogP contribution in [0.15, 0.2) is 48.5 Å². The molecule has 0 saturated carbocycles. The Bertz CT molecular complexity index is 821. The van der Waals surface area contributed by atoms with Gasteiger partial charge in [-0.15, -0.1) is 0 Å². The second-order valence-corrected chi connectivity index (χ2v) is 4.88. The summed E-state index contributed by atoms with van der Waals surface area (Å²) in [5, 5.41) is 3.94. The maximum absolute atomic E-state index is 11.8. The predicted octanol–water partition coefficient (Wildman–Crippen LogP) is 4.84. The molecule has 3 aromatic carbocycles. The molecule has 0 saturated heterocycles. The smallest absolute Gasteiger partial charge is 0.434 e. The number of carbonyl (C=O) groups excluding carboxylic acids is 1. The lowest BCUT2D eigenvalue weighted by Crippen LogP contribution is -2.10. The van der Waals surface area contributed by atoms with Crippen LogP contribution in [0.2, 0.25) is 0 Å². The summed E-state index contributed by atoms with van der Waals surface area (Å²) in [7, 11) is 0. The van der Waals surface area contributed by atoms with E-state index in [1.165, 1.54) is 0 Å². The summed E-state index contributed by atoms with van der Waals surface area (Å²) in [5.74, 6) is 0.569. The zero-order chi connectivity index (χ0) is 14.8. The number of benzene rings is 3. The molecule has 0 N–H and O–H groups in total. The van der Waals surface area contributed by atoms with Crippen molar-refractivity contribution >= 4 is 27.7 Å². The second-order valence-electron chi connectivity index (χ2n) is 4.88. The van der Waals surface area contributed by atoms with Crippen molar-refractivity contribution in [1.82, 2.24) is 0 Å². The molecule has 0 aliphatic rings. The monoisotopic (exact) mass is 280 g/mol. The lowest BCUT2D eigenvalue weighted by Gasteiger charge is -2.13. The number of hydrogen-bond acceptors (Lipinski definition) is 3. The first-order valence-corrected chi connectivity index (χ1v) is 6.96. The van der Waals surface area contributed by atoms with Crippen LogP contribution in [0, 0.1) is 6.92 Å². The molecule has 0 aliphatic heterocycles. The average molecular weight is 280 g/mol. The van der Waals surface area contributed by atoms with Crippen LogP contribution in [-0.2, 0) is 4.74 Å². The van der Waals surface area contributed by atoms with Gasteiger partial charge in [0.2, 0.25) is 0 Å². The van der Waals surface area contributed by atoms with Crippen molar-refractivity contribution < 1.29 is 14.3 Å². The van der Waals surface area contributed by atoms with Gasteiger partial charge in [0.1, 0.15) is 5.75 Å². The number of fused-ring (bicyclic) bond motifs is 2. The van der Waals surface area contributed by atoms with Crippen molar-refractivity contribution in [2.75, 3.05) is 6.61 Å². The van der Waals surface area contributed by atoms with Crippen LogP contribution in [0.3, 0.4) is 0 Å². The Kier molecular flexibility index (Phi) is 3.48. The molecular weight excluding hydrogens is 264 g/mol. The zero-order valence-corrected chi connectivity index (χ0v) is 12.1. The Balaban J connectivity index is 2.31. The highest BCUT2D eigenvalue weighted by atomic mass is 16.7. The maximum atomic E-state index is 11.8. The summed E-state index contributed by atoms with van der Waals surface area (Å²) in [6, 6.07) is 16.0. The molecule has 3 heteroatoms. The van der Waals surface area contributed by atoms with Gasteiger partial charge in [-0.1, -0.05) is 42.5 Å². The summed E-state index contributed by atoms with van der Waals surface area (Å²) < 4.78 is 10.4. The molecule has 0 unspecified atom stereocenters. The molecule has 3 rings (SSSR count). The highest BCUT2D eigenvalue weighted by molar-refractivity contribution is 6.07. The summed E-state index contributed by atoms with van der Waals surface area (Å²) in [6.45, 7) is 4.06. The van der Waals surface area contributed by atoms with Gasteiger partial charge in [0.05, 0.1) is 6.61 Å². The lowest BCUT2D eigenvalue weighted by atomic mass is 9.99. The van der Waals surface area contributed by atoms with E-state index in [-0.39, 0.29) is 0 Å². The molecule has 3 aromatic rings. The van der Waals surface area contributed by atoms with E-state index in [1.807, 2.05) is 49.4 Å². The molecule has 0 aromatic heterocycles. The van der Waals surface area contributed by atoms with Gasteiger partial charge in [-0.3, -0.25) is 0 Å². The standard InChI is InChI=1S/C18H16O3/c1-3-20-18(19)21-17-15-10-5-4-8-13(15)11-14-9-6-7-12(2)16(14)17/h4-11H,3H2,1-2H3. The van der Waals surface area contributed by atoms with E-state index in [1.54, 1.807) is 6.92 Å². The van der Waals surface area contributed by atoms with E-state index in [4.69, 9.17) is 9.47 Å². The van der Waals surface area contributed by atoms with E-state index < -0.39 is 6.16 Å². The molecule has 21 heavy (non-hydrogen) atoms. The van der Waals surface area contributed by atoms with Crippen molar-refractivity contribution in [1.29, 1.82) is 0 Å². The number of carbonyl (C=O) groups is 1. The van der Waals surface area contributed by atoms with Crippen molar-refractivity contribution in [2.24, 2.45) is 0 Å². The third-order valence-electron chi connectivity index (χ3n) is 3.50. The molecule has 0 bridgehead atoms. The zero-order valence-electron chi connectivity index (χ0n) is 12.1. The molecule has 0 heterocycles. The van der Waals surface area contributed by atoms with Crippen LogP contribution in [0.5, 0.6) is 5.75 Å². The second kappa shape index (κ2) is 5.44. The van der Waals surface area contributed by atoms with Crippen LogP contribution < -0.4 is 4.74 Å². The number of ether oxygens (including phenoxy) is 2. The van der Waals surface area contributed by atoms with Gasteiger partial charge >= 0.3 is 6.16 Å². The van der Waals surface area contributed by atoms with E-state index in [2.05, 4.69) is 6.07 Å². The lowest BCUT2D eigenvalue weighted by molar-refractivity contribution is 0.105. The van der Waals surface area contributed by atoms with Crippen molar-refractivity contribution in [2.45, 2.75) is 13.8 Å². The minimum Gasteiger partial charge on any atom is -0.434 e. The summed E-state index contributed by atoms with van der Waals surface area (Å²) in [5.41, 5.74) is 1.07. The molecule has 0 atom stereocenters. The minimum atomic E-state index is -0.668. The van der Waals surface area contributed by atoms with Gasteiger partial charge in [0.15, 0.2) is 0 Å². The minimum absolute atomic E-state index is 0.292. The molecule has 106 valence electrons. The van der Waals surface area contributed by atoms with Gasteiger partial charge in [0, 0.05) is 10.8 Å². The highest BCUT2D eigenvalue weighted by Crippen LogP contribution is 2.36. The average Bonchev–Trinajstić information content (AvgIpc) is 2.47. The summed E-state index contributed by atoms with van der Waals surface area (Å²) >= 11 is 0. The number of hydrogen-bond donors (Lipinski definition) is 0. The quantitative estimate of drug-likeness (QED) is 0.383. The van der Waals surface area contributed by atoms with Gasteiger partial charge in [-0.2, -0.15) is 0 Å². The first kappa shape index (κ1) is 13.4. The fourth-order valence-corrected chi connectivity index (χ4v) is 2.59. The molecule has 0 radical (unpaired) electrons. The Morgan fingerprint density at radius 3 is 2.62 bits per heavy atom.